The highest BCUT2D eigenvalue weighted by atomic mass is 127. The van der Waals surface area contributed by atoms with E-state index in [0.717, 1.165) is 33.8 Å². The van der Waals surface area contributed by atoms with Crippen LogP contribution in [0.3, 0.4) is 0 Å². The first-order chi connectivity index (χ1) is 11.3. The van der Waals surface area contributed by atoms with Crippen LogP contribution in [0.1, 0.15) is 26.3 Å². The van der Waals surface area contributed by atoms with Gasteiger partial charge in [0.05, 0.1) is 17.2 Å². The van der Waals surface area contributed by atoms with Crippen LogP contribution in [-0.4, -0.2) is 29.5 Å². The molecule has 0 saturated carbocycles. The molecule has 2 heterocycles. The lowest BCUT2D eigenvalue weighted by Gasteiger charge is -2.10. The van der Waals surface area contributed by atoms with E-state index in [9.17, 15) is 13.2 Å². The second-order valence-corrected chi connectivity index (χ2v) is 7.21. The monoisotopic (exact) mass is 505 g/mol. The molecule has 2 aromatic heterocycles. The van der Waals surface area contributed by atoms with E-state index < -0.39 is 11.9 Å². The normalized spacial score (nSPS) is 12.0. The van der Waals surface area contributed by atoms with E-state index >= 15 is 0 Å². The average molecular weight is 505 g/mol. The molecule has 0 atom stereocenters. The molecule has 0 aliphatic carbocycles. The molecule has 0 aromatic carbocycles. The van der Waals surface area contributed by atoms with E-state index in [2.05, 4.69) is 25.6 Å². The Morgan fingerprint density at radius 1 is 1.20 bits per heavy atom. The lowest BCUT2D eigenvalue weighted by Crippen LogP contribution is -2.37. The fourth-order valence-electron chi connectivity index (χ4n) is 1.84. The first kappa shape index (κ1) is 22.1. The molecule has 2 rings (SSSR count). The predicted molar refractivity (Wildman–Crippen MR) is 106 cm³/mol. The van der Waals surface area contributed by atoms with Crippen LogP contribution in [0.2, 0.25) is 0 Å². The summed E-state index contributed by atoms with van der Waals surface area (Å²) in [6, 6.07) is 0. The molecule has 0 radical (unpaired) electrons. The van der Waals surface area contributed by atoms with Crippen LogP contribution in [0.15, 0.2) is 10.4 Å². The van der Waals surface area contributed by atoms with Crippen molar-refractivity contribution in [2.24, 2.45) is 4.99 Å². The molecule has 11 heteroatoms. The number of thiazole rings is 2. The van der Waals surface area contributed by atoms with Gasteiger partial charge in [-0.15, -0.1) is 46.7 Å². The Morgan fingerprint density at radius 3 is 2.44 bits per heavy atom. The van der Waals surface area contributed by atoms with Crippen molar-refractivity contribution in [3.05, 3.63) is 31.7 Å². The van der Waals surface area contributed by atoms with Crippen molar-refractivity contribution >= 4 is 52.6 Å². The van der Waals surface area contributed by atoms with Gasteiger partial charge in [0.25, 0.3) is 0 Å². The average Bonchev–Trinajstić information content (AvgIpc) is 3.10. The lowest BCUT2D eigenvalue weighted by molar-refractivity contribution is -0.140. The molecule has 0 saturated heterocycles. The first-order valence-electron chi connectivity index (χ1n) is 7.18. The molecule has 140 valence electrons. The number of hydrogen-bond donors (Lipinski definition) is 2. The van der Waals surface area contributed by atoms with Gasteiger partial charge in [-0.2, -0.15) is 13.2 Å². The standard InChI is InChI=1S/C14H18F3N5S2.HI/c1-8-9(2)24-11(21-8)4-5-19-13(18-3)20-6-12-22-10(7-23-12)14(15,16)17;/h7H,4-6H2,1-3H3,(H2,18,19,20);1H. The summed E-state index contributed by atoms with van der Waals surface area (Å²) in [5.41, 5.74) is 0.184. The number of hydrogen-bond acceptors (Lipinski definition) is 5. The smallest absolute Gasteiger partial charge is 0.356 e. The van der Waals surface area contributed by atoms with Crippen LogP contribution < -0.4 is 10.6 Å². The van der Waals surface area contributed by atoms with Crippen LogP contribution in [0.4, 0.5) is 13.2 Å². The SMILES string of the molecule is CN=C(NCCc1nc(C)c(C)s1)NCc1nc(C(F)(F)F)cs1.I. The Kier molecular flexibility index (Phi) is 8.54. The van der Waals surface area contributed by atoms with Gasteiger partial charge in [-0.1, -0.05) is 0 Å². The highest BCUT2D eigenvalue weighted by Crippen LogP contribution is 2.29. The Labute approximate surface area is 169 Å². The number of aromatic nitrogens is 2. The molecule has 2 aromatic rings. The minimum absolute atomic E-state index is 0. The summed E-state index contributed by atoms with van der Waals surface area (Å²) < 4.78 is 37.5. The predicted octanol–water partition coefficient (Wildman–Crippen LogP) is 3.76. The van der Waals surface area contributed by atoms with E-state index in [1.807, 2.05) is 13.8 Å². The number of nitrogens with one attached hydrogen (secondary N) is 2. The van der Waals surface area contributed by atoms with Crippen LogP contribution in [-0.2, 0) is 19.1 Å². The van der Waals surface area contributed by atoms with Gasteiger partial charge in [0, 0.05) is 30.3 Å². The lowest BCUT2D eigenvalue weighted by atomic mass is 10.4. The molecule has 0 amide bonds. The van der Waals surface area contributed by atoms with Crippen molar-refractivity contribution < 1.29 is 13.2 Å². The summed E-state index contributed by atoms with van der Waals surface area (Å²) in [6.07, 6.45) is -3.64. The highest BCUT2D eigenvalue weighted by molar-refractivity contribution is 14.0. The Morgan fingerprint density at radius 2 is 1.92 bits per heavy atom. The molecule has 0 aliphatic rings. The number of nitrogens with zero attached hydrogens (tertiary/aromatic N) is 3. The number of rotatable bonds is 5. The van der Waals surface area contributed by atoms with Crippen LogP contribution in [0.5, 0.6) is 0 Å². The van der Waals surface area contributed by atoms with E-state index in [1.54, 1.807) is 18.4 Å². The molecule has 0 aliphatic heterocycles. The molecule has 0 bridgehead atoms. The van der Waals surface area contributed by atoms with Crippen LogP contribution in [0.25, 0.3) is 0 Å². The third-order valence-electron chi connectivity index (χ3n) is 3.18. The second kappa shape index (κ2) is 9.67. The van der Waals surface area contributed by atoms with Crippen molar-refractivity contribution in [2.45, 2.75) is 33.0 Å². The summed E-state index contributed by atoms with van der Waals surface area (Å²) in [5, 5.41) is 8.49. The maximum Gasteiger partial charge on any atom is 0.434 e. The van der Waals surface area contributed by atoms with Gasteiger partial charge in [-0.05, 0) is 13.8 Å². The first-order valence-corrected chi connectivity index (χ1v) is 8.88. The Hall–Kier alpha value is -0.950. The van der Waals surface area contributed by atoms with Crippen LogP contribution >= 0.6 is 46.7 Å². The zero-order valence-electron chi connectivity index (χ0n) is 13.9. The zero-order chi connectivity index (χ0) is 17.7. The molecule has 0 fully saturated rings. The molecular formula is C14H19F3IN5S2. The van der Waals surface area contributed by atoms with E-state index in [1.165, 1.54) is 4.88 Å². The second-order valence-electron chi connectivity index (χ2n) is 4.98. The minimum Gasteiger partial charge on any atom is -0.356 e. The molecule has 0 spiro atoms. The number of alkyl halides is 3. The summed E-state index contributed by atoms with van der Waals surface area (Å²) in [4.78, 5) is 13.3. The summed E-state index contributed by atoms with van der Waals surface area (Å²) in [7, 11) is 1.61. The fourth-order valence-corrected chi connectivity index (χ4v) is 3.51. The fraction of sp³-hybridized carbons (Fsp3) is 0.500. The Bertz CT molecular complexity index is 692. The van der Waals surface area contributed by atoms with Gasteiger partial charge < -0.3 is 10.6 Å². The van der Waals surface area contributed by atoms with Crippen molar-refractivity contribution in [2.75, 3.05) is 13.6 Å². The van der Waals surface area contributed by atoms with Gasteiger partial charge in [0.15, 0.2) is 11.7 Å². The van der Waals surface area contributed by atoms with Crippen molar-refractivity contribution in [1.29, 1.82) is 0 Å². The van der Waals surface area contributed by atoms with Crippen molar-refractivity contribution in [3.8, 4) is 0 Å². The third kappa shape index (κ3) is 6.70. The molecule has 5 nitrogen and oxygen atoms in total. The maximum absolute atomic E-state index is 12.5. The Balaban J connectivity index is 0.00000312. The maximum atomic E-state index is 12.5. The van der Waals surface area contributed by atoms with Crippen LogP contribution in [0, 0.1) is 13.8 Å². The summed E-state index contributed by atoms with van der Waals surface area (Å²) in [6.45, 7) is 4.84. The highest BCUT2D eigenvalue weighted by Gasteiger charge is 2.33. The largest absolute Gasteiger partial charge is 0.434 e. The van der Waals surface area contributed by atoms with Gasteiger partial charge in [-0.25, -0.2) is 9.97 Å². The third-order valence-corrected chi connectivity index (χ3v) is 5.16. The molecule has 25 heavy (non-hydrogen) atoms. The number of halogens is 4. The van der Waals surface area contributed by atoms with E-state index in [0.29, 0.717) is 17.5 Å². The molecule has 0 unspecified atom stereocenters. The molecule has 2 N–H and O–H groups in total. The van der Waals surface area contributed by atoms with Gasteiger partial charge in [0.1, 0.15) is 5.01 Å². The van der Waals surface area contributed by atoms with E-state index in [-0.39, 0.29) is 30.5 Å². The number of aryl methyl sites for hydroxylation is 2. The van der Waals surface area contributed by atoms with Crippen molar-refractivity contribution in [1.82, 2.24) is 20.6 Å². The van der Waals surface area contributed by atoms with Gasteiger partial charge in [0.2, 0.25) is 0 Å². The molecular weight excluding hydrogens is 486 g/mol. The van der Waals surface area contributed by atoms with Gasteiger partial charge in [-0.3, -0.25) is 4.99 Å². The van der Waals surface area contributed by atoms with Crippen molar-refractivity contribution in [3.63, 3.8) is 0 Å². The van der Waals surface area contributed by atoms with E-state index in [4.69, 9.17) is 0 Å². The van der Waals surface area contributed by atoms with Gasteiger partial charge >= 0.3 is 6.18 Å². The minimum atomic E-state index is -4.40. The quantitative estimate of drug-likeness (QED) is 0.369. The summed E-state index contributed by atoms with van der Waals surface area (Å²) >= 11 is 2.63. The zero-order valence-corrected chi connectivity index (χ0v) is 17.9. The topological polar surface area (TPSA) is 62.2 Å². The number of aliphatic imine (C=N–C) groups is 1. The summed E-state index contributed by atoms with van der Waals surface area (Å²) in [5.74, 6) is 0.517. The number of guanidine groups is 1.